The molecule has 6 nitrogen and oxygen atoms in total. The minimum atomic E-state index is -0.886. The molecular weight excluding hydrogens is 438 g/mol. The van der Waals surface area contributed by atoms with Gasteiger partial charge in [-0.05, 0) is 87.5 Å². The van der Waals surface area contributed by atoms with Gasteiger partial charge in [-0.15, -0.1) is 0 Å². The predicted octanol–water partition coefficient (Wildman–Crippen LogP) is 3.89. The van der Waals surface area contributed by atoms with E-state index in [1.54, 1.807) is 0 Å². The van der Waals surface area contributed by atoms with Gasteiger partial charge < -0.3 is 19.8 Å². The van der Waals surface area contributed by atoms with Crippen LogP contribution < -0.4 is 0 Å². The molecule has 3 N–H and O–H groups in total. The summed E-state index contributed by atoms with van der Waals surface area (Å²) >= 11 is 0. The fourth-order valence-electron chi connectivity index (χ4n) is 8.25. The zero-order valence-corrected chi connectivity index (χ0v) is 21.0. The molecule has 2 spiro atoms. The van der Waals surface area contributed by atoms with E-state index in [9.17, 15) is 10.2 Å². The highest BCUT2D eigenvalue weighted by Crippen LogP contribution is 2.67. The highest BCUT2D eigenvalue weighted by molar-refractivity contribution is 5.87. The Morgan fingerprint density at radius 3 is 2.80 bits per heavy atom. The van der Waals surface area contributed by atoms with Crippen molar-refractivity contribution in [3.63, 3.8) is 0 Å². The minimum Gasteiger partial charge on any atom is -0.388 e. The lowest BCUT2D eigenvalue weighted by Gasteiger charge is -2.55. The number of aliphatic hydroxyl groups is 2. The molecule has 2 fully saturated rings. The number of benzene rings is 1. The fourth-order valence-corrected chi connectivity index (χ4v) is 8.25. The highest BCUT2D eigenvalue weighted by Gasteiger charge is 2.67. The van der Waals surface area contributed by atoms with E-state index in [0.717, 1.165) is 48.9 Å². The number of rotatable bonds is 2. The van der Waals surface area contributed by atoms with Crippen molar-refractivity contribution in [2.45, 2.75) is 75.4 Å². The Kier molecular flexibility index (Phi) is 4.36. The minimum absolute atomic E-state index is 0.0144. The highest BCUT2D eigenvalue weighted by atomic mass is 16.5. The van der Waals surface area contributed by atoms with Gasteiger partial charge in [0.2, 0.25) is 0 Å². The van der Waals surface area contributed by atoms with Crippen molar-refractivity contribution in [2.75, 3.05) is 14.1 Å². The maximum Gasteiger partial charge on any atom is 0.105 e. The van der Waals surface area contributed by atoms with Crippen LogP contribution >= 0.6 is 0 Å². The first-order chi connectivity index (χ1) is 16.7. The molecule has 0 radical (unpaired) electrons. The molecule has 2 aromatic rings. The van der Waals surface area contributed by atoms with Crippen LogP contribution in [-0.2, 0) is 4.74 Å². The third-order valence-electron chi connectivity index (χ3n) is 10.1. The summed E-state index contributed by atoms with van der Waals surface area (Å²) in [5, 5.41) is 30.7. The molecule has 3 heterocycles. The molecule has 2 aliphatic heterocycles. The first kappa shape index (κ1) is 22.0. The molecule has 1 saturated heterocycles. The summed E-state index contributed by atoms with van der Waals surface area (Å²) in [4.78, 5) is 2.04. The van der Waals surface area contributed by atoms with E-state index in [0.29, 0.717) is 5.92 Å². The second kappa shape index (κ2) is 6.94. The summed E-state index contributed by atoms with van der Waals surface area (Å²) in [7, 11) is 3.96. The molecule has 5 aliphatic rings. The van der Waals surface area contributed by atoms with Gasteiger partial charge in [0.05, 0.1) is 22.8 Å². The van der Waals surface area contributed by atoms with Crippen molar-refractivity contribution in [2.24, 2.45) is 11.3 Å². The lowest BCUT2D eigenvalue weighted by molar-refractivity contribution is -0.161. The number of aromatic amines is 1. The van der Waals surface area contributed by atoms with Crippen LogP contribution in [0.15, 0.2) is 47.6 Å². The van der Waals surface area contributed by atoms with Crippen LogP contribution in [0, 0.1) is 18.3 Å². The smallest absolute Gasteiger partial charge is 0.105 e. The topological polar surface area (TPSA) is 81.6 Å². The maximum absolute atomic E-state index is 11.1. The number of nitrogens with zero attached hydrogens (tertiary/aromatic N) is 2. The lowest BCUT2D eigenvalue weighted by atomic mass is 9.58. The zero-order valence-electron chi connectivity index (χ0n) is 21.0. The monoisotopic (exact) mass is 473 g/mol. The molecule has 184 valence electrons. The lowest BCUT2D eigenvalue weighted by Crippen LogP contribution is -2.61. The number of aryl methyl sites for hydroxylation is 1. The number of aromatic nitrogens is 2. The number of hydrogen-bond acceptors (Lipinski definition) is 5. The van der Waals surface area contributed by atoms with E-state index in [1.807, 2.05) is 19.0 Å². The Balaban J connectivity index is 1.30. The molecule has 35 heavy (non-hydrogen) atoms. The van der Waals surface area contributed by atoms with Crippen LogP contribution in [0.25, 0.3) is 16.5 Å². The first-order valence-corrected chi connectivity index (χ1v) is 13.0. The molecule has 6 heteroatoms. The average molecular weight is 474 g/mol. The third-order valence-corrected chi connectivity index (χ3v) is 10.1. The number of fused-ring (bicyclic) bond motifs is 2. The van der Waals surface area contributed by atoms with Crippen molar-refractivity contribution in [3.05, 3.63) is 58.8 Å². The SMILES string of the molecule is Cc1[nH]nc2ccc(C3=CC[C@@H]4[C@]3(C)CC=C3C=C5[C@@H](O)[C@H](O)[C@@H](N(C)C)C[C@]56CC[C@@]34O6)cc12. The van der Waals surface area contributed by atoms with E-state index in [1.165, 1.54) is 22.1 Å². The van der Waals surface area contributed by atoms with Gasteiger partial charge in [-0.2, -0.15) is 5.10 Å². The van der Waals surface area contributed by atoms with Crippen molar-refractivity contribution in [3.8, 4) is 0 Å². The van der Waals surface area contributed by atoms with Crippen molar-refractivity contribution in [1.29, 1.82) is 0 Å². The Hall–Kier alpha value is -2.25. The second-order valence-electron chi connectivity index (χ2n) is 12.0. The summed E-state index contributed by atoms with van der Waals surface area (Å²) in [6, 6.07) is 6.51. The number of aliphatic hydroxyl groups excluding tert-OH is 2. The standard InChI is InChI=1S/C29H35N3O3/c1-16-19-13-17(5-7-22(19)31-30-16)20-6-8-24-27(20,2)10-9-18-14-21-25(33)26(34)23(32(3)4)15-28(21)11-12-29(18,24)35-28/h5-7,9,13-14,23-26,33-34H,8,10-12,15H2,1-4H3,(H,30,31)/t23-,24+,25+,26+,27+,28+,29+/m0/s1. The van der Waals surface area contributed by atoms with Gasteiger partial charge in [0.25, 0.3) is 0 Å². The third kappa shape index (κ3) is 2.66. The molecule has 0 amide bonds. The summed E-state index contributed by atoms with van der Waals surface area (Å²) in [5.74, 6) is 0.352. The molecular formula is C29H35N3O3. The van der Waals surface area contributed by atoms with Gasteiger partial charge in [0.15, 0.2) is 0 Å². The van der Waals surface area contributed by atoms with Crippen molar-refractivity contribution in [1.82, 2.24) is 15.1 Å². The Morgan fingerprint density at radius 2 is 2.00 bits per heavy atom. The maximum atomic E-state index is 11.1. The van der Waals surface area contributed by atoms with Gasteiger partial charge in [0, 0.05) is 28.5 Å². The van der Waals surface area contributed by atoms with E-state index in [2.05, 4.69) is 60.5 Å². The first-order valence-electron chi connectivity index (χ1n) is 13.0. The normalized spacial score (nSPS) is 41.9. The summed E-state index contributed by atoms with van der Waals surface area (Å²) in [6.45, 7) is 4.50. The van der Waals surface area contributed by atoms with Gasteiger partial charge >= 0.3 is 0 Å². The molecule has 7 atom stereocenters. The Bertz CT molecular complexity index is 1340. The van der Waals surface area contributed by atoms with Crippen LogP contribution in [0.5, 0.6) is 0 Å². The molecule has 7 rings (SSSR count). The van der Waals surface area contributed by atoms with Crippen molar-refractivity contribution >= 4 is 16.5 Å². The molecule has 3 aliphatic carbocycles. The largest absolute Gasteiger partial charge is 0.388 e. The van der Waals surface area contributed by atoms with Crippen LogP contribution in [0.2, 0.25) is 0 Å². The summed E-state index contributed by atoms with van der Waals surface area (Å²) in [5.41, 5.74) is 6.08. The van der Waals surface area contributed by atoms with E-state index in [-0.39, 0.29) is 17.1 Å². The quantitative estimate of drug-likeness (QED) is 0.617. The second-order valence-corrected chi connectivity index (χ2v) is 12.0. The number of ether oxygens (including phenoxy) is 1. The predicted molar refractivity (Wildman–Crippen MR) is 136 cm³/mol. The fraction of sp³-hybridized carbons (Fsp3) is 0.552. The molecule has 0 unspecified atom stereocenters. The van der Waals surface area contributed by atoms with E-state index in [4.69, 9.17) is 4.74 Å². The van der Waals surface area contributed by atoms with Crippen LogP contribution in [0.3, 0.4) is 0 Å². The number of H-pyrrole nitrogens is 1. The molecule has 1 aromatic heterocycles. The van der Waals surface area contributed by atoms with Gasteiger partial charge in [0.1, 0.15) is 6.10 Å². The van der Waals surface area contributed by atoms with Gasteiger partial charge in [-0.25, -0.2) is 0 Å². The number of nitrogens with one attached hydrogen (secondary N) is 1. The van der Waals surface area contributed by atoms with Crippen LogP contribution in [-0.4, -0.2) is 68.9 Å². The van der Waals surface area contributed by atoms with Crippen LogP contribution in [0.1, 0.15) is 50.3 Å². The Labute approximate surface area is 206 Å². The molecule has 1 saturated carbocycles. The van der Waals surface area contributed by atoms with Gasteiger partial charge in [-0.1, -0.05) is 31.2 Å². The average Bonchev–Trinajstić information content (AvgIpc) is 3.48. The molecule has 2 bridgehead atoms. The number of likely N-dealkylation sites (N-methyl/N-ethyl adjacent to an activating group) is 1. The van der Waals surface area contributed by atoms with Gasteiger partial charge in [-0.3, -0.25) is 5.10 Å². The number of allylic oxidation sites excluding steroid dienone is 3. The molecule has 1 aromatic carbocycles. The Morgan fingerprint density at radius 1 is 1.17 bits per heavy atom. The van der Waals surface area contributed by atoms with Crippen molar-refractivity contribution < 1.29 is 14.9 Å². The van der Waals surface area contributed by atoms with Crippen LogP contribution in [0.4, 0.5) is 0 Å². The van der Waals surface area contributed by atoms with E-state index < -0.39 is 17.8 Å². The number of hydrogen-bond donors (Lipinski definition) is 3. The van der Waals surface area contributed by atoms with E-state index >= 15 is 0 Å². The summed E-state index contributed by atoms with van der Waals surface area (Å²) in [6.07, 6.45) is 9.84. The summed E-state index contributed by atoms with van der Waals surface area (Å²) < 4.78 is 7.24. The zero-order chi connectivity index (χ0) is 24.3.